The molecule has 0 spiro atoms. The number of ether oxygens (including phenoxy) is 2. The van der Waals surface area contributed by atoms with Gasteiger partial charge in [-0.2, -0.15) is 0 Å². The first-order valence-corrected chi connectivity index (χ1v) is 7.02. The molecule has 1 aromatic carbocycles. The lowest BCUT2D eigenvalue weighted by atomic mass is 9.99. The Balaban J connectivity index is 2.76. The van der Waals surface area contributed by atoms with Crippen molar-refractivity contribution in [3.8, 4) is 5.75 Å². The highest BCUT2D eigenvalue weighted by Gasteiger charge is 2.18. The van der Waals surface area contributed by atoms with Crippen molar-refractivity contribution in [1.82, 2.24) is 0 Å². The highest BCUT2D eigenvalue weighted by Crippen LogP contribution is 2.24. The van der Waals surface area contributed by atoms with Crippen LogP contribution in [0.1, 0.15) is 25.3 Å². The Morgan fingerprint density at radius 1 is 1.33 bits per heavy atom. The smallest absolute Gasteiger partial charge is 0.119 e. The lowest BCUT2D eigenvalue weighted by Crippen LogP contribution is -2.38. The minimum Gasteiger partial charge on any atom is -0.497 e. The Labute approximate surface area is 118 Å². The molecule has 3 nitrogen and oxygen atoms in total. The van der Waals surface area contributed by atoms with E-state index in [-0.39, 0.29) is 12.1 Å². The second-order valence-corrected chi connectivity index (χ2v) is 5.24. The number of nitrogens with two attached hydrogens (primary N) is 1. The molecule has 0 aliphatic rings. The molecule has 2 unspecified atom stereocenters. The monoisotopic (exact) mass is 315 g/mol. The van der Waals surface area contributed by atoms with Gasteiger partial charge in [-0.05, 0) is 36.6 Å². The second kappa shape index (κ2) is 7.77. The molecule has 0 saturated carbocycles. The van der Waals surface area contributed by atoms with Crippen LogP contribution in [0.5, 0.6) is 5.75 Å². The molecule has 4 heteroatoms. The maximum Gasteiger partial charge on any atom is 0.119 e. The van der Waals surface area contributed by atoms with Crippen LogP contribution in [0.4, 0.5) is 0 Å². The molecule has 0 radical (unpaired) electrons. The van der Waals surface area contributed by atoms with Gasteiger partial charge in [-0.1, -0.05) is 29.3 Å². The molecule has 2 atom stereocenters. The average Bonchev–Trinajstić information content (AvgIpc) is 2.38. The lowest BCUT2D eigenvalue weighted by Gasteiger charge is -2.22. The third kappa shape index (κ3) is 4.26. The summed E-state index contributed by atoms with van der Waals surface area (Å²) in [6.45, 7) is 2.14. The van der Waals surface area contributed by atoms with Gasteiger partial charge in [-0.25, -0.2) is 0 Å². The van der Waals surface area contributed by atoms with E-state index in [2.05, 4.69) is 22.9 Å². The average molecular weight is 316 g/mol. The number of methoxy groups -OCH3 is 2. The highest BCUT2D eigenvalue weighted by molar-refractivity contribution is 9.10. The first-order chi connectivity index (χ1) is 8.62. The fourth-order valence-corrected chi connectivity index (χ4v) is 2.42. The summed E-state index contributed by atoms with van der Waals surface area (Å²) in [6, 6.07) is 5.93. The predicted octanol–water partition coefficient (Wildman–Crippen LogP) is 3.14. The molecule has 0 heterocycles. The van der Waals surface area contributed by atoms with Crippen LogP contribution >= 0.6 is 15.9 Å². The van der Waals surface area contributed by atoms with Crippen LogP contribution in [0, 0.1) is 0 Å². The Kier molecular flexibility index (Phi) is 6.68. The highest BCUT2D eigenvalue weighted by atomic mass is 79.9. The van der Waals surface area contributed by atoms with Gasteiger partial charge in [0.1, 0.15) is 5.75 Å². The zero-order valence-electron chi connectivity index (χ0n) is 11.3. The van der Waals surface area contributed by atoms with Crippen LogP contribution in [0.15, 0.2) is 22.7 Å². The maximum atomic E-state index is 6.22. The van der Waals surface area contributed by atoms with Gasteiger partial charge in [-0.15, -0.1) is 0 Å². The van der Waals surface area contributed by atoms with E-state index in [4.69, 9.17) is 15.2 Å². The van der Waals surface area contributed by atoms with Gasteiger partial charge in [-0.3, -0.25) is 0 Å². The third-order valence-electron chi connectivity index (χ3n) is 3.06. The van der Waals surface area contributed by atoms with Gasteiger partial charge in [0.05, 0.1) is 13.2 Å². The Morgan fingerprint density at radius 3 is 2.61 bits per heavy atom. The molecule has 0 aliphatic carbocycles. The first kappa shape index (κ1) is 15.5. The van der Waals surface area contributed by atoms with E-state index < -0.39 is 0 Å². The van der Waals surface area contributed by atoms with Crippen molar-refractivity contribution in [1.29, 1.82) is 0 Å². The molecular formula is C14H22BrNO2. The fourth-order valence-electron chi connectivity index (χ4n) is 2.01. The minimum absolute atomic E-state index is 0.00152. The molecule has 0 saturated heterocycles. The third-order valence-corrected chi connectivity index (χ3v) is 3.84. The molecule has 0 fully saturated rings. The standard InChI is InChI=1S/C14H22BrNO2/c1-4-5-14(18-3)13(16)9-10-8-11(17-2)6-7-12(10)15/h6-8,13-14H,4-5,9,16H2,1-3H3. The van der Waals surface area contributed by atoms with E-state index in [1.807, 2.05) is 18.2 Å². The zero-order valence-corrected chi connectivity index (χ0v) is 12.9. The van der Waals surface area contributed by atoms with Crippen molar-refractivity contribution in [3.05, 3.63) is 28.2 Å². The molecule has 1 rings (SSSR count). The van der Waals surface area contributed by atoms with E-state index in [1.165, 1.54) is 0 Å². The molecule has 0 bridgehead atoms. The second-order valence-electron chi connectivity index (χ2n) is 4.39. The van der Waals surface area contributed by atoms with Crippen LogP contribution < -0.4 is 10.5 Å². The van der Waals surface area contributed by atoms with Gasteiger partial charge >= 0.3 is 0 Å². The van der Waals surface area contributed by atoms with E-state index in [0.29, 0.717) is 0 Å². The van der Waals surface area contributed by atoms with Crippen LogP contribution in [0.2, 0.25) is 0 Å². The predicted molar refractivity (Wildman–Crippen MR) is 78.1 cm³/mol. The van der Waals surface area contributed by atoms with E-state index in [1.54, 1.807) is 14.2 Å². The molecular weight excluding hydrogens is 294 g/mol. The van der Waals surface area contributed by atoms with E-state index in [0.717, 1.165) is 35.0 Å². The number of benzene rings is 1. The van der Waals surface area contributed by atoms with Crippen LogP contribution in [0.3, 0.4) is 0 Å². The zero-order chi connectivity index (χ0) is 13.5. The quantitative estimate of drug-likeness (QED) is 0.840. The van der Waals surface area contributed by atoms with Gasteiger partial charge in [0.25, 0.3) is 0 Å². The summed E-state index contributed by atoms with van der Waals surface area (Å²) >= 11 is 3.55. The first-order valence-electron chi connectivity index (χ1n) is 6.23. The van der Waals surface area contributed by atoms with Crippen LogP contribution in [-0.4, -0.2) is 26.4 Å². The molecule has 102 valence electrons. The summed E-state index contributed by atoms with van der Waals surface area (Å²) in [6.07, 6.45) is 2.94. The number of rotatable bonds is 7. The summed E-state index contributed by atoms with van der Waals surface area (Å²) in [5.74, 6) is 0.852. The molecule has 0 amide bonds. The summed E-state index contributed by atoms with van der Waals surface area (Å²) in [7, 11) is 3.39. The molecule has 2 N–H and O–H groups in total. The summed E-state index contributed by atoms with van der Waals surface area (Å²) in [5.41, 5.74) is 7.37. The largest absolute Gasteiger partial charge is 0.497 e. The van der Waals surface area contributed by atoms with Crippen molar-refractivity contribution >= 4 is 15.9 Å². The topological polar surface area (TPSA) is 44.5 Å². The van der Waals surface area contributed by atoms with Gasteiger partial charge in [0, 0.05) is 17.6 Å². The maximum absolute atomic E-state index is 6.22. The Morgan fingerprint density at radius 2 is 2.06 bits per heavy atom. The van der Waals surface area contributed by atoms with Crippen LogP contribution in [-0.2, 0) is 11.2 Å². The Bertz CT molecular complexity index is 371. The van der Waals surface area contributed by atoms with Crippen molar-refractivity contribution in [2.45, 2.75) is 38.3 Å². The molecule has 18 heavy (non-hydrogen) atoms. The number of hydrogen-bond donors (Lipinski definition) is 1. The van der Waals surface area contributed by atoms with E-state index >= 15 is 0 Å². The fraction of sp³-hybridized carbons (Fsp3) is 0.571. The summed E-state index contributed by atoms with van der Waals surface area (Å²) in [4.78, 5) is 0. The van der Waals surface area contributed by atoms with Crippen molar-refractivity contribution in [3.63, 3.8) is 0 Å². The Hall–Kier alpha value is -0.580. The van der Waals surface area contributed by atoms with Crippen LogP contribution in [0.25, 0.3) is 0 Å². The summed E-state index contributed by atoms with van der Waals surface area (Å²) < 4.78 is 11.7. The lowest BCUT2D eigenvalue weighted by molar-refractivity contribution is 0.0726. The van der Waals surface area contributed by atoms with Gasteiger partial charge < -0.3 is 15.2 Å². The molecule has 0 aliphatic heterocycles. The SMILES string of the molecule is CCCC(OC)C(N)Cc1cc(OC)ccc1Br. The van der Waals surface area contributed by atoms with Crippen molar-refractivity contribution in [2.75, 3.05) is 14.2 Å². The minimum atomic E-state index is -0.00152. The van der Waals surface area contributed by atoms with Gasteiger partial charge in [0.2, 0.25) is 0 Å². The number of hydrogen-bond acceptors (Lipinski definition) is 3. The number of halogens is 1. The van der Waals surface area contributed by atoms with Crippen molar-refractivity contribution in [2.24, 2.45) is 5.73 Å². The van der Waals surface area contributed by atoms with E-state index in [9.17, 15) is 0 Å². The normalized spacial score (nSPS) is 14.3. The summed E-state index contributed by atoms with van der Waals surface area (Å²) in [5, 5.41) is 0. The molecule has 1 aromatic rings. The van der Waals surface area contributed by atoms with Gasteiger partial charge in [0.15, 0.2) is 0 Å². The van der Waals surface area contributed by atoms with Crippen molar-refractivity contribution < 1.29 is 9.47 Å². The molecule has 0 aromatic heterocycles.